The first-order valence-corrected chi connectivity index (χ1v) is 7.07. The van der Waals surface area contributed by atoms with Gasteiger partial charge in [0.15, 0.2) is 0 Å². The molecule has 5 unspecified atom stereocenters. The van der Waals surface area contributed by atoms with E-state index in [1.807, 2.05) is 0 Å². The Hall–Kier alpha value is -0.550. The van der Waals surface area contributed by atoms with Crippen LogP contribution in [0.5, 0.6) is 0 Å². The zero-order valence-electron chi connectivity index (χ0n) is 11.4. The Morgan fingerprint density at radius 1 is 1.06 bits per heavy atom. The summed E-state index contributed by atoms with van der Waals surface area (Å²) in [6.07, 6.45) is 5.94. The van der Waals surface area contributed by atoms with Gasteiger partial charge in [0.05, 0.1) is 17.1 Å². The second-order valence-corrected chi connectivity index (χ2v) is 6.75. The van der Waals surface area contributed by atoms with Crippen molar-refractivity contribution in [3.63, 3.8) is 0 Å². The third kappa shape index (κ3) is 1.89. The predicted molar refractivity (Wildman–Crippen MR) is 68.2 cm³/mol. The molecule has 2 saturated carbocycles. The Morgan fingerprint density at radius 2 is 1.71 bits per heavy atom. The molecule has 0 saturated heterocycles. The van der Waals surface area contributed by atoms with Crippen LogP contribution in [0.4, 0.5) is 0 Å². The Labute approximate surface area is 105 Å². The van der Waals surface area contributed by atoms with E-state index in [0.717, 1.165) is 32.1 Å². The maximum atomic E-state index is 11.2. The molecule has 2 aliphatic carbocycles. The van der Waals surface area contributed by atoms with E-state index in [4.69, 9.17) is 0 Å². The fourth-order valence-electron chi connectivity index (χ4n) is 4.16. The van der Waals surface area contributed by atoms with E-state index in [2.05, 4.69) is 26.8 Å². The van der Waals surface area contributed by atoms with Gasteiger partial charge in [-0.2, -0.15) is 5.26 Å². The third-order valence-corrected chi connectivity index (χ3v) is 5.37. The summed E-state index contributed by atoms with van der Waals surface area (Å²) in [6, 6.07) is 2.52. The first-order chi connectivity index (χ1) is 7.93. The second-order valence-electron chi connectivity index (χ2n) is 6.75. The fourth-order valence-corrected chi connectivity index (χ4v) is 4.16. The summed E-state index contributed by atoms with van der Waals surface area (Å²) < 4.78 is 0. The molecule has 0 heterocycles. The van der Waals surface area contributed by atoms with Crippen LogP contribution in [0.15, 0.2) is 0 Å². The molecule has 2 nitrogen and oxygen atoms in total. The molecule has 0 aromatic carbocycles. The molecule has 2 rings (SSSR count). The zero-order chi connectivity index (χ0) is 12.7. The summed E-state index contributed by atoms with van der Waals surface area (Å²) in [4.78, 5) is 0. The normalized spacial score (nSPS) is 51.1. The van der Waals surface area contributed by atoms with Crippen LogP contribution in [0.25, 0.3) is 0 Å². The van der Waals surface area contributed by atoms with Crippen LogP contribution in [0.1, 0.15) is 59.3 Å². The van der Waals surface area contributed by atoms with Crippen LogP contribution in [0.3, 0.4) is 0 Å². The van der Waals surface area contributed by atoms with Crippen molar-refractivity contribution in [1.29, 1.82) is 5.26 Å². The lowest BCUT2D eigenvalue weighted by molar-refractivity contribution is -0.129. The van der Waals surface area contributed by atoms with Crippen molar-refractivity contribution in [2.24, 2.45) is 23.2 Å². The van der Waals surface area contributed by atoms with Gasteiger partial charge in [-0.05, 0) is 49.9 Å². The maximum Gasteiger partial charge on any atom is 0.0865 e. The molecule has 2 fully saturated rings. The Morgan fingerprint density at radius 3 is 2.24 bits per heavy atom. The molecular weight excluding hydrogens is 210 g/mol. The first kappa shape index (κ1) is 12.9. The molecule has 0 aromatic heterocycles. The van der Waals surface area contributed by atoms with Gasteiger partial charge >= 0.3 is 0 Å². The number of nitrogens with zero attached hydrogens (tertiary/aromatic N) is 1. The minimum absolute atomic E-state index is 0.267. The van der Waals surface area contributed by atoms with E-state index in [0.29, 0.717) is 11.8 Å². The SMILES string of the molecule is CC1CCC(C#N)(C2(O)CC(C)CCC2C)C1. The summed E-state index contributed by atoms with van der Waals surface area (Å²) in [5, 5.41) is 20.8. The van der Waals surface area contributed by atoms with Gasteiger partial charge in [-0.1, -0.05) is 27.2 Å². The van der Waals surface area contributed by atoms with E-state index in [1.54, 1.807) is 0 Å². The van der Waals surface area contributed by atoms with Crippen molar-refractivity contribution in [2.45, 2.75) is 64.9 Å². The van der Waals surface area contributed by atoms with Crippen LogP contribution in [-0.2, 0) is 0 Å². The highest BCUT2D eigenvalue weighted by Gasteiger charge is 2.57. The quantitative estimate of drug-likeness (QED) is 0.756. The standard InChI is InChI=1S/C15H25NO/c1-11-4-5-13(3)15(17,9-11)14(10-16)7-6-12(2)8-14/h11-13,17H,4-9H2,1-3H3. The minimum atomic E-state index is -0.746. The average molecular weight is 235 g/mol. The van der Waals surface area contributed by atoms with Crippen molar-refractivity contribution in [3.05, 3.63) is 0 Å². The smallest absolute Gasteiger partial charge is 0.0865 e. The topological polar surface area (TPSA) is 44.0 Å². The van der Waals surface area contributed by atoms with Crippen LogP contribution in [0, 0.1) is 34.5 Å². The third-order valence-electron chi connectivity index (χ3n) is 5.37. The molecule has 0 spiro atoms. The molecule has 17 heavy (non-hydrogen) atoms. The second kappa shape index (κ2) is 4.28. The molecule has 1 N–H and O–H groups in total. The van der Waals surface area contributed by atoms with Crippen molar-refractivity contribution in [2.75, 3.05) is 0 Å². The maximum absolute atomic E-state index is 11.2. The van der Waals surface area contributed by atoms with Gasteiger partial charge < -0.3 is 5.11 Å². The van der Waals surface area contributed by atoms with Crippen molar-refractivity contribution >= 4 is 0 Å². The predicted octanol–water partition coefficient (Wildman–Crippen LogP) is 3.50. The summed E-state index contributed by atoms with van der Waals surface area (Å²) in [7, 11) is 0. The molecule has 0 aromatic rings. The molecule has 5 atom stereocenters. The van der Waals surface area contributed by atoms with Crippen molar-refractivity contribution in [3.8, 4) is 6.07 Å². The van der Waals surface area contributed by atoms with Gasteiger partial charge in [0.2, 0.25) is 0 Å². The summed E-state index contributed by atoms with van der Waals surface area (Å²) >= 11 is 0. The zero-order valence-corrected chi connectivity index (χ0v) is 11.4. The lowest BCUT2D eigenvalue weighted by atomic mass is 9.58. The fraction of sp³-hybridized carbons (Fsp3) is 0.933. The Bertz CT molecular complexity index is 334. The van der Waals surface area contributed by atoms with Crippen molar-refractivity contribution in [1.82, 2.24) is 0 Å². The summed E-state index contributed by atoms with van der Waals surface area (Å²) in [5.41, 5.74) is -1.22. The van der Waals surface area contributed by atoms with E-state index in [9.17, 15) is 10.4 Å². The number of nitriles is 1. The molecular formula is C15H25NO. The lowest BCUT2D eigenvalue weighted by Crippen LogP contribution is -2.54. The van der Waals surface area contributed by atoms with E-state index >= 15 is 0 Å². The largest absolute Gasteiger partial charge is 0.388 e. The number of hydrogen-bond donors (Lipinski definition) is 1. The molecule has 2 heteroatoms. The molecule has 0 radical (unpaired) electrons. The summed E-state index contributed by atoms with van der Waals surface area (Å²) in [5.74, 6) is 1.41. The average Bonchev–Trinajstić information content (AvgIpc) is 2.67. The number of rotatable bonds is 1. The van der Waals surface area contributed by atoms with E-state index in [1.165, 1.54) is 6.42 Å². The number of hydrogen-bond acceptors (Lipinski definition) is 2. The van der Waals surface area contributed by atoms with Crippen LogP contribution in [-0.4, -0.2) is 10.7 Å². The van der Waals surface area contributed by atoms with E-state index in [-0.39, 0.29) is 5.92 Å². The molecule has 0 aliphatic heterocycles. The van der Waals surface area contributed by atoms with Gasteiger partial charge in [0.25, 0.3) is 0 Å². The molecule has 96 valence electrons. The van der Waals surface area contributed by atoms with Gasteiger partial charge in [0.1, 0.15) is 0 Å². The molecule has 0 amide bonds. The van der Waals surface area contributed by atoms with Crippen LogP contribution < -0.4 is 0 Å². The van der Waals surface area contributed by atoms with E-state index < -0.39 is 11.0 Å². The highest BCUT2D eigenvalue weighted by atomic mass is 16.3. The highest BCUT2D eigenvalue weighted by Crippen LogP contribution is 2.56. The first-order valence-electron chi connectivity index (χ1n) is 7.07. The number of aliphatic hydroxyl groups is 1. The van der Waals surface area contributed by atoms with Gasteiger partial charge in [-0.3, -0.25) is 0 Å². The monoisotopic (exact) mass is 235 g/mol. The van der Waals surface area contributed by atoms with Crippen LogP contribution >= 0.6 is 0 Å². The Balaban J connectivity index is 2.32. The van der Waals surface area contributed by atoms with Crippen LogP contribution in [0.2, 0.25) is 0 Å². The Kier molecular flexibility index (Phi) is 3.25. The van der Waals surface area contributed by atoms with Gasteiger partial charge in [0, 0.05) is 0 Å². The highest BCUT2D eigenvalue weighted by molar-refractivity contribution is 5.17. The molecule has 2 aliphatic rings. The van der Waals surface area contributed by atoms with Gasteiger partial charge in [-0.25, -0.2) is 0 Å². The van der Waals surface area contributed by atoms with Gasteiger partial charge in [-0.15, -0.1) is 0 Å². The summed E-state index contributed by atoms with van der Waals surface area (Å²) in [6.45, 7) is 6.55. The lowest BCUT2D eigenvalue weighted by Gasteiger charge is -2.49. The minimum Gasteiger partial charge on any atom is -0.388 e. The molecule has 0 bridgehead atoms. The van der Waals surface area contributed by atoms with Crippen molar-refractivity contribution < 1.29 is 5.11 Å².